The van der Waals surface area contributed by atoms with Gasteiger partial charge in [0.15, 0.2) is 0 Å². The Hall–Kier alpha value is 0.350. The zero-order valence-corrected chi connectivity index (χ0v) is 16.8. The van der Waals surface area contributed by atoms with E-state index in [9.17, 15) is 0 Å². The van der Waals surface area contributed by atoms with E-state index < -0.39 is 5.96 Å². The van der Waals surface area contributed by atoms with Crippen molar-refractivity contribution in [3.05, 3.63) is 16.1 Å². The molecular weight excluding hydrogens is 317 g/mol. The molecule has 1 nitrogen and oxygen atoms in total. The Kier molecular flexibility index (Phi) is 8.17. The summed E-state index contributed by atoms with van der Waals surface area (Å²) >= 11 is 9.34. The number of thiazole rings is 1. The molecule has 0 atom stereocenters. The minimum absolute atomic E-state index is 1.07. The summed E-state index contributed by atoms with van der Waals surface area (Å²) in [6.45, 7) is 8.95. The van der Waals surface area contributed by atoms with E-state index in [-0.39, 0.29) is 0 Å². The van der Waals surface area contributed by atoms with E-state index in [0.29, 0.717) is 0 Å². The fourth-order valence-corrected chi connectivity index (χ4v) is 10.7. The Morgan fingerprint density at radius 2 is 1.48 bits per heavy atom. The van der Waals surface area contributed by atoms with Crippen molar-refractivity contribution in [1.82, 2.24) is 4.98 Å². The molecule has 0 aromatic carbocycles. The van der Waals surface area contributed by atoms with Crippen molar-refractivity contribution < 1.29 is 0 Å². The van der Waals surface area contributed by atoms with Crippen molar-refractivity contribution in [3.8, 4) is 0 Å². The summed E-state index contributed by atoms with van der Waals surface area (Å²) < 4.78 is 0. The second kappa shape index (κ2) is 8.85. The number of unbranched alkanes of at least 4 members (excludes halogenated alkanes) is 3. The predicted molar refractivity (Wildman–Crippen MR) is 103 cm³/mol. The van der Waals surface area contributed by atoms with Crippen LogP contribution < -0.4 is 0 Å². The molecular formula is C17H33ClNPS. The van der Waals surface area contributed by atoms with Crippen LogP contribution in [0.15, 0.2) is 5.38 Å². The first kappa shape index (κ1) is 19.4. The van der Waals surface area contributed by atoms with Gasteiger partial charge in [0.25, 0.3) is 0 Å². The van der Waals surface area contributed by atoms with Crippen LogP contribution >= 0.6 is 28.5 Å². The Morgan fingerprint density at radius 1 is 1.00 bits per heavy atom. The van der Waals surface area contributed by atoms with Crippen LogP contribution in [-0.4, -0.2) is 23.5 Å². The number of hydrogen-bond acceptors (Lipinski definition) is 2. The second-order valence-electron chi connectivity index (χ2n) is 6.57. The molecule has 1 rings (SSSR count). The van der Waals surface area contributed by atoms with Crippen molar-refractivity contribution in [1.29, 1.82) is 0 Å². The second-order valence-corrected chi connectivity index (χ2v) is 15.8. The van der Waals surface area contributed by atoms with Crippen LogP contribution in [0.25, 0.3) is 0 Å². The molecule has 0 aliphatic rings. The van der Waals surface area contributed by atoms with Gasteiger partial charge in [0.1, 0.15) is 0 Å². The third kappa shape index (κ3) is 6.16. The Bertz CT molecular complexity index is 394. The third-order valence-corrected chi connectivity index (χ3v) is 12.6. The van der Waals surface area contributed by atoms with Crippen LogP contribution in [0, 0.1) is 6.92 Å². The van der Waals surface area contributed by atoms with Gasteiger partial charge in [-0.05, 0) is 0 Å². The molecule has 0 aliphatic heterocycles. The minimum atomic E-state index is -2.16. The van der Waals surface area contributed by atoms with Crippen molar-refractivity contribution in [2.75, 3.05) is 18.5 Å². The summed E-state index contributed by atoms with van der Waals surface area (Å²) in [6, 6.07) is 0. The van der Waals surface area contributed by atoms with Crippen LogP contribution in [0.1, 0.15) is 70.0 Å². The van der Waals surface area contributed by atoms with Gasteiger partial charge in [0, 0.05) is 0 Å². The first-order valence-corrected chi connectivity index (χ1v) is 13.3. The third-order valence-electron chi connectivity index (χ3n) is 4.44. The molecule has 0 radical (unpaired) electrons. The van der Waals surface area contributed by atoms with Crippen molar-refractivity contribution >= 4 is 28.5 Å². The fraction of sp³-hybridized carbons (Fsp3) is 0.824. The van der Waals surface area contributed by atoms with Gasteiger partial charge < -0.3 is 0 Å². The number of aryl methyl sites for hydroxylation is 1. The molecule has 0 unspecified atom stereocenters. The number of hydrogen-bond donors (Lipinski definition) is 0. The number of nitrogens with zero attached hydrogens (tertiary/aromatic N) is 1. The molecule has 0 bridgehead atoms. The van der Waals surface area contributed by atoms with Gasteiger partial charge in [-0.1, -0.05) is 0 Å². The van der Waals surface area contributed by atoms with Gasteiger partial charge in [-0.25, -0.2) is 0 Å². The standard InChI is InChI=1S/C17H33ClNPS/c1-5-8-11-20(18,12-9-6-2,13-10-7-3)14-17-15-21-16(4)19-17/h15H,5-14H2,1-4H3. The first-order chi connectivity index (χ1) is 9.95. The monoisotopic (exact) mass is 349 g/mol. The van der Waals surface area contributed by atoms with Gasteiger partial charge in [-0.15, -0.1) is 0 Å². The Morgan fingerprint density at radius 3 is 1.81 bits per heavy atom. The number of halogens is 1. The summed E-state index contributed by atoms with van der Waals surface area (Å²) in [5.41, 5.74) is 1.26. The molecule has 0 amide bonds. The van der Waals surface area contributed by atoms with Crippen molar-refractivity contribution in [2.45, 2.75) is 72.4 Å². The Balaban J connectivity index is 3.01. The maximum absolute atomic E-state index is 7.57. The molecule has 124 valence electrons. The average Bonchev–Trinajstić information content (AvgIpc) is 2.86. The molecule has 21 heavy (non-hydrogen) atoms. The molecule has 0 saturated heterocycles. The van der Waals surface area contributed by atoms with Crippen LogP contribution in [-0.2, 0) is 6.16 Å². The normalized spacial score (nSPS) is 14.0. The molecule has 1 aromatic rings. The van der Waals surface area contributed by atoms with E-state index in [2.05, 4.69) is 33.1 Å². The van der Waals surface area contributed by atoms with Crippen LogP contribution in [0.3, 0.4) is 0 Å². The Labute approximate surface area is 140 Å². The zero-order valence-electron chi connectivity index (χ0n) is 14.3. The van der Waals surface area contributed by atoms with Crippen LogP contribution in [0.2, 0.25) is 0 Å². The van der Waals surface area contributed by atoms with Gasteiger partial charge >= 0.3 is 140 Å². The predicted octanol–water partition coefficient (Wildman–Crippen LogP) is 7.06. The average molecular weight is 350 g/mol. The van der Waals surface area contributed by atoms with Crippen LogP contribution in [0.4, 0.5) is 0 Å². The fourth-order valence-electron chi connectivity index (χ4n) is 3.12. The topological polar surface area (TPSA) is 12.9 Å². The van der Waals surface area contributed by atoms with E-state index in [1.807, 2.05) is 0 Å². The van der Waals surface area contributed by atoms with Crippen molar-refractivity contribution in [3.63, 3.8) is 0 Å². The molecule has 1 heterocycles. The summed E-state index contributed by atoms with van der Waals surface area (Å²) in [5, 5.41) is 3.41. The molecule has 0 saturated carbocycles. The molecule has 0 fully saturated rings. The van der Waals surface area contributed by atoms with Gasteiger partial charge in [-0.2, -0.15) is 0 Å². The van der Waals surface area contributed by atoms with Crippen LogP contribution in [0.5, 0.6) is 0 Å². The van der Waals surface area contributed by atoms with Gasteiger partial charge in [0.2, 0.25) is 0 Å². The molecule has 1 aromatic heterocycles. The van der Waals surface area contributed by atoms with Gasteiger partial charge in [0.05, 0.1) is 0 Å². The van der Waals surface area contributed by atoms with E-state index >= 15 is 0 Å². The summed E-state index contributed by atoms with van der Waals surface area (Å²) in [7, 11) is 0. The van der Waals surface area contributed by atoms with E-state index in [1.54, 1.807) is 11.3 Å². The van der Waals surface area contributed by atoms with E-state index in [4.69, 9.17) is 16.2 Å². The zero-order chi connectivity index (χ0) is 15.8. The first-order valence-electron chi connectivity index (χ1n) is 8.58. The number of rotatable bonds is 11. The summed E-state index contributed by atoms with van der Waals surface area (Å²) in [5.74, 6) is -2.16. The summed E-state index contributed by atoms with van der Waals surface area (Å²) in [4.78, 5) is 4.73. The molecule has 0 spiro atoms. The van der Waals surface area contributed by atoms with E-state index in [1.165, 1.54) is 67.7 Å². The summed E-state index contributed by atoms with van der Waals surface area (Å²) in [6.07, 6.45) is 12.4. The van der Waals surface area contributed by atoms with Crippen molar-refractivity contribution in [2.24, 2.45) is 0 Å². The van der Waals surface area contributed by atoms with E-state index in [0.717, 1.165) is 6.16 Å². The number of aromatic nitrogens is 1. The quantitative estimate of drug-likeness (QED) is 0.389. The van der Waals surface area contributed by atoms with Gasteiger partial charge in [-0.3, -0.25) is 0 Å². The molecule has 0 N–H and O–H groups in total. The maximum atomic E-state index is 7.57. The molecule has 0 aliphatic carbocycles. The SMILES string of the molecule is CCCCP(Cl)(CCCC)(CCCC)Cc1csc(C)n1. The molecule has 4 heteroatoms.